The number of fused-ring (bicyclic) bond motifs is 1. The minimum atomic E-state index is 0.679. The minimum Gasteiger partial charge on any atom is -0.493 e. The predicted molar refractivity (Wildman–Crippen MR) is 83.6 cm³/mol. The summed E-state index contributed by atoms with van der Waals surface area (Å²) < 4.78 is 7.80. The smallest absolute Gasteiger partial charge is 0.122 e. The van der Waals surface area contributed by atoms with Gasteiger partial charge in [-0.25, -0.2) is 4.68 Å². The molecule has 4 nitrogen and oxygen atoms in total. The van der Waals surface area contributed by atoms with Crippen molar-refractivity contribution in [2.45, 2.75) is 26.8 Å². The zero-order valence-corrected chi connectivity index (χ0v) is 12.4. The Balaban J connectivity index is 1.58. The average Bonchev–Trinajstić information content (AvgIpc) is 2.91. The summed E-state index contributed by atoms with van der Waals surface area (Å²) in [5.74, 6) is 0.971. The molecule has 2 aromatic carbocycles. The number of ether oxygens (including phenoxy) is 1. The highest BCUT2D eigenvalue weighted by molar-refractivity contribution is 5.73. The summed E-state index contributed by atoms with van der Waals surface area (Å²) in [4.78, 5) is 0. The zero-order chi connectivity index (χ0) is 14.7. The topological polar surface area (TPSA) is 39.9 Å². The van der Waals surface area contributed by atoms with E-state index in [1.807, 2.05) is 41.1 Å². The second kappa shape index (κ2) is 5.95. The van der Waals surface area contributed by atoms with Crippen LogP contribution in [-0.2, 0) is 6.54 Å². The normalized spacial score (nSPS) is 11.0. The van der Waals surface area contributed by atoms with Crippen molar-refractivity contribution in [1.29, 1.82) is 0 Å². The Kier molecular flexibility index (Phi) is 3.86. The van der Waals surface area contributed by atoms with Gasteiger partial charge in [-0.1, -0.05) is 29.5 Å². The maximum Gasteiger partial charge on any atom is 0.122 e. The third-order valence-electron chi connectivity index (χ3n) is 3.75. The van der Waals surface area contributed by atoms with E-state index in [9.17, 15) is 0 Å². The molecule has 0 aliphatic carbocycles. The first-order valence-electron chi connectivity index (χ1n) is 7.23. The van der Waals surface area contributed by atoms with E-state index in [1.165, 1.54) is 11.1 Å². The molecule has 108 valence electrons. The lowest BCUT2D eigenvalue weighted by Crippen LogP contribution is -2.06. The van der Waals surface area contributed by atoms with Gasteiger partial charge >= 0.3 is 0 Å². The van der Waals surface area contributed by atoms with E-state index in [0.29, 0.717) is 6.61 Å². The number of para-hydroxylation sites is 1. The molecule has 1 aromatic heterocycles. The first kappa shape index (κ1) is 13.6. The third kappa shape index (κ3) is 2.89. The van der Waals surface area contributed by atoms with Crippen molar-refractivity contribution in [3.63, 3.8) is 0 Å². The molecule has 3 rings (SSSR count). The fourth-order valence-corrected chi connectivity index (χ4v) is 2.36. The largest absolute Gasteiger partial charge is 0.493 e. The van der Waals surface area contributed by atoms with Crippen molar-refractivity contribution in [3.8, 4) is 5.75 Å². The molecule has 0 spiro atoms. The van der Waals surface area contributed by atoms with E-state index in [1.54, 1.807) is 0 Å². The first-order chi connectivity index (χ1) is 10.3. The lowest BCUT2D eigenvalue weighted by molar-refractivity contribution is 0.297. The Morgan fingerprint density at radius 1 is 1.05 bits per heavy atom. The van der Waals surface area contributed by atoms with Crippen molar-refractivity contribution in [2.75, 3.05) is 6.61 Å². The third-order valence-corrected chi connectivity index (χ3v) is 3.75. The van der Waals surface area contributed by atoms with E-state index in [2.05, 4.69) is 30.2 Å². The standard InChI is InChI=1S/C17H19N3O/c1-13-7-5-10-17(14(13)2)21-12-6-11-20-16-9-4-3-8-15(16)18-19-20/h3-5,7-10H,6,11-12H2,1-2H3. The molecule has 0 amide bonds. The van der Waals surface area contributed by atoms with E-state index in [0.717, 1.165) is 29.7 Å². The quantitative estimate of drug-likeness (QED) is 0.672. The summed E-state index contributed by atoms with van der Waals surface area (Å²) in [5, 5.41) is 8.34. The molecule has 1 heterocycles. The Hall–Kier alpha value is -2.36. The maximum absolute atomic E-state index is 5.87. The molecule has 3 aromatic rings. The fourth-order valence-electron chi connectivity index (χ4n) is 2.36. The SMILES string of the molecule is Cc1cccc(OCCCn2nnc3ccccc32)c1C. The second-order valence-corrected chi connectivity index (χ2v) is 5.20. The highest BCUT2D eigenvalue weighted by Crippen LogP contribution is 2.20. The lowest BCUT2D eigenvalue weighted by atomic mass is 10.1. The van der Waals surface area contributed by atoms with Gasteiger partial charge in [0.25, 0.3) is 0 Å². The van der Waals surface area contributed by atoms with Crippen LogP contribution in [0.15, 0.2) is 42.5 Å². The summed E-state index contributed by atoms with van der Waals surface area (Å²) in [6.45, 7) is 5.68. The number of hydrogen-bond donors (Lipinski definition) is 0. The lowest BCUT2D eigenvalue weighted by Gasteiger charge is -2.10. The molecule has 0 aliphatic heterocycles. The van der Waals surface area contributed by atoms with E-state index in [-0.39, 0.29) is 0 Å². The van der Waals surface area contributed by atoms with Crippen LogP contribution in [0.4, 0.5) is 0 Å². The fraction of sp³-hybridized carbons (Fsp3) is 0.294. The highest BCUT2D eigenvalue weighted by Gasteiger charge is 2.04. The molecule has 0 aliphatic rings. The molecule has 0 N–H and O–H groups in total. The highest BCUT2D eigenvalue weighted by atomic mass is 16.5. The Labute approximate surface area is 124 Å². The van der Waals surface area contributed by atoms with Gasteiger partial charge in [0.2, 0.25) is 0 Å². The van der Waals surface area contributed by atoms with Gasteiger partial charge in [-0.2, -0.15) is 0 Å². The van der Waals surface area contributed by atoms with E-state index < -0.39 is 0 Å². The van der Waals surface area contributed by atoms with Crippen LogP contribution in [0, 0.1) is 13.8 Å². The average molecular weight is 281 g/mol. The molecular weight excluding hydrogens is 262 g/mol. The van der Waals surface area contributed by atoms with Gasteiger partial charge in [-0.05, 0) is 43.2 Å². The molecule has 0 radical (unpaired) electrons. The minimum absolute atomic E-state index is 0.679. The second-order valence-electron chi connectivity index (χ2n) is 5.20. The van der Waals surface area contributed by atoms with Crippen molar-refractivity contribution < 1.29 is 4.74 Å². The van der Waals surface area contributed by atoms with Crippen LogP contribution in [0.5, 0.6) is 5.75 Å². The van der Waals surface area contributed by atoms with Crippen LogP contribution in [-0.4, -0.2) is 21.6 Å². The van der Waals surface area contributed by atoms with Gasteiger partial charge in [0, 0.05) is 13.0 Å². The number of aryl methyl sites for hydroxylation is 2. The van der Waals surface area contributed by atoms with Gasteiger partial charge < -0.3 is 4.74 Å². The van der Waals surface area contributed by atoms with Gasteiger partial charge in [0.05, 0.1) is 12.1 Å². The van der Waals surface area contributed by atoms with Crippen molar-refractivity contribution >= 4 is 11.0 Å². The first-order valence-corrected chi connectivity index (χ1v) is 7.23. The van der Waals surface area contributed by atoms with Gasteiger partial charge in [0.1, 0.15) is 11.3 Å². The molecule has 0 fully saturated rings. The van der Waals surface area contributed by atoms with Gasteiger partial charge in [-0.15, -0.1) is 5.10 Å². The molecular formula is C17H19N3O. The molecule has 0 unspecified atom stereocenters. The molecule has 0 saturated carbocycles. The molecule has 0 atom stereocenters. The molecule has 21 heavy (non-hydrogen) atoms. The molecule has 0 bridgehead atoms. The zero-order valence-electron chi connectivity index (χ0n) is 12.4. The van der Waals surface area contributed by atoms with E-state index >= 15 is 0 Å². The summed E-state index contributed by atoms with van der Waals surface area (Å²) in [7, 11) is 0. The van der Waals surface area contributed by atoms with Crippen LogP contribution in [0.25, 0.3) is 11.0 Å². The van der Waals surface area contributed by atoms with Gasteiger partial charge in [0.15, 0.2) is 0 Å². The molecule has 0 saturated heterocycles. The maximum atomic E-state index is 5.87. The van der Waals surface area contributed by atoms with Crippen LogP contribution in [0.3, 0.4) is 0 Å². The molecule has 4 heteroatoms. The monoisotopic (exact) mass is 281 g/mol. The van der Waals surface area contributed by atoms with Crippen molar-refractivity contribution in [1.82, 2.24) is 15.0 Å². The van der Waals surface area contributed by atoms with Crippen molar-refractivity contribution in [2.24, 2.45) is 0 Å². The number of benzene rings is 2. The van der Waals surface area contributed by atoms with Gasteiger partial charge in [-0.3, -0.25) is 0 Å². The Morgan fingerprint density at radius 3 is 2.81 bits per heavy atom. The number of hydrogen-bond acceptors (Lipinski definition) is 3. The summed E-state index contributed by atoms with van der Waals surface area (Å²) >= 11 is 0. The summed E-state index contributed by atoms with van der Waals surface area (Å²) in [6, 6.07) is 14.2. The van der Waals surface area contributed by atoms with Crippen LogP contribution < -0.4 is 4.74 Å². The summed E-state index contributed by atoms with van der Waals surface area (Å²) in [5.41, 5.74) is 4.48. The predicted octanol–water partition coefficient (Wildman–Crippen LogP) is 3.52. The van der Waals surface area contributed by atoms with Crippen molar-refractivity contribution in [3.05, 3.63) is 53.6 Å². The number of rotatable bonds is 5. The van der Waals surface area contributed by atoms with Crippen LogP contribution in [0.1, 0.15) is 17.5 Å². The van der Waals surface area contributed by atoms with Crippen LogP contribution >= 0.6 is 0 Å². The Bertz CT molecular complexity index is 749. The van der Waals surface area contributed by atoms with E-state index in [4.69, 9.17) is 4.74 Å². The Morgan fingerprint density at radius 2 is 1.90 bits per heavy atom. The number of aromatic nitrogens is 3. The van der Waals surface area contributed by atoms with Crippen LogP contribution in [0.2, 0.25) is 0 Å². The number of nitrogens with zero attached hydrogens (tertiary/aromatic N) is 3. The summed E-state index contributed by atoms with van der Waals surface area (Å²) in [6.07, 6.45) is 0.904.